The van der Waals surface area contributed by atoms with Gasteiger partial charge in [-0.2, -0.15) is 0 Å². The SMILES string of the molecule is CC1=CC(=O)C([C@@](C)(O)CC/C=C(\C)CO[C@@H]2O[C@H](CO)[C@@H](O)[C@H](O)[C@H]2O)CC1. The molecule has 29 heavy (non-hydrogen) atoms. The average molecular weight is 414 g/mol. The van der Waals surface area contributed by atoms with Crippen LogP contribution in [0.4, 0.5) is 0 Å². The van der Waals surface area contributed by atoms with E-state index in [-0.39, 0.29) is 12.4 Å². The predicted molar refractivity (Wildman–Crippen MR) is 105 cm³/mol. The summed E-state index contributed by atoms with van der Waals surface area (Å²) in [6.45, 7) is 5.02. The summed E-state index contributed by atoms with van der Waals surface area (Å²) in [5, 5.41) is 49.5. The number of hydrogen-bond donors (Lipinski definition) is 5. The van der Waals surface area contributed by atoms with Crippen LogP contribution in [0.25, 0.3) is 0 Å². The summed E-state index contributed by atoms with van der Waals surface area (Å²) in [5.74, 6) is -0.421. The highest BCUT2D eigenvalue weighted by molar-refractivity contribution is 5.94. The van der Waals surface area contributed by atoms with Crippen LogP contribution in [0.15, 0.2) is 23.3 Å². The Labute approximate surface area is 171 Å². The Kier molecular flexibility index (Phi) is 8.54. The lowest BCUT2D eigenvalue weighted by atomic mass is 9.76. The molecule has 0 amide bonds. The van der Waals surface area contributed by atoms with Gasteiger partial charge in [0.25, 0.3) is 0 Å². The van der Waals surface area contributed by atoms with Crippen molar-refractivity contribution >= 4 is 5.78 Å². The van der Waals surface area contributed by atoms with E-state index in [0.717, 1.165) is 17.6 Å². The van der Waals surface area contributed by atoms with Crippen LogP contribution in [-0.2, 0) is 14.3 Å². The molecule has 1 aliphatic heterocycles. The van der Waals surface area contributed by atoms with Gasteiger partial charge in [0.1, 0.15) is 24.4 Å². The van der Waals surface area contributed by atoms with Crippen molar-refractivity contribution < 1.29 is 39.8 Å². The van der Waals surface area contributed by atoms with Crippen LogP contribution < -0.4 is 0 Å². The molecule has 0 saturated carbocycles. The second kappa shape index (κ2) is 10.3. The Morgan fingerprint density at radius 2 is 2.00 bits per heavy atom. The minimum Gasteiger partial charge on any atom is -0.394 e. The van der Waals surface area contributed by atoms with Crippen LogP contribution in [0.3, 0.4) is 0 Å². The number of rotatable bonds is 8. The molecule has 1 fully saturated rings. The van der Waals surface area contributed by atoms with E-state index in [0.29, 0.717) is 19.3 Å². The maximum absolute atomic E-state index is 12.2. The molecule has 0 aromatic rings. The van der Waals surface area contributed by atoms with Gasteiger partial charge in [-0.25, -0.2) is 0 Å². The Morgan fingerprint density at radius 1 is 1.31 bits per heavy atom. The third kappa shape index (κ3) is 6.18. The molecule has 1 unspecified atom stereocenters. The van der Waals surface area contributed by atoms with Crippen LogP contribution >= 0.6 is 0 Å². The lowest BCUT2D eigenvalue weighted by Crippen LogP contribution is -2.59. The number of carbonyl (C=O) groups excluding carboxylic acids is 1. The zero-order valence-electron chi connectivity index (χ0n) is 17.3. The molecule has 8 heteroatoms. The molecule has 5 N–H and O–H groups in total. The Balaban J connectivity index is 1.83. The number of ether oxygens (including phenoxy) is 2. The molecule has 2 rings (SSSR count). The number of aliphatic hydroxyl groups excluding tert-OH is 4. The van der Waals surface area contributed by atoms with Crippen LogP contribution in [0, 0.1) is 5.92 Å². The number of aliphatic hydroxyl groups is 5. The van der Waals surface area contributed by atoms with Crippen molar-refractivity contribution in [3.63, 3.8) is 0 Å². The van der Waals surface area contributed by atoms with Crippen molar-refractivity contribution in [3.05, 3.63) is 23.3 Å². The second-order valence-corrected chi connectivity index (χ2v) is 8.44. The highest BCUT2D eigenvalue weighted by Gasteiger charge is 2.44. The Morgan fingerprint density at radius 3 is 2.62 bits per heavy atom. The Bertz CT molecular complexity index is 624. The van der Waals surface area contributed by atoms with Crippen molar-refractivity contribution in [1.29, 1.82) is 0 Å². The molecule has 7 atom stereocenters. The normalized spacial score (nSPS) is 35.9. The van der Waals surface area contributed by atoms with Crippen molar-refractivity contribution in [2.24, 2.45) is 5.92 Å². The number of carbonyl (C=O) groups is 1. The fourth-order valence-corrected chi connectivity index (χ4v) is 3.81. The molecule has 1 aliphatic carbocycles. The van der Waals surface area contributed by atoms with Crippen LogP contribution in [0.2, 0.25) is 0 Å². The smallest absolute Gasteiger partial charge is 0.187 e. The standard InChI is InChI=1S/C21H34O8/c1-12-6-7-14(15(23)9-12)21(3,27)8-4-5-13(2)11-28-20-19(26)18(25)17(24)16(10-22)29-20/h5,9,14,16-20,22,24-27H,4,6-8,10-11H2,1-3H3/b13-5+/t14?,16-,17-,18+,19-,20-,21+/m1/s1. The summed E-state index contributed by atoms with van der Waals surface area (Å²) < 4.78 is 10.8. The first kappa shape index (κ1) is 24.1. The van der Waals surface area contributed by atoms with Crippen molar-refractivity contribution in [1.82, 2.24) is 0 Å². The molecule has 0 aromatic heterocycles. The van der Waals surface area contributed by atoms with Gasteiger partial charge in [0.15, 0.2) is 12.1 Å². The van der Waals surface area contributed by atoms with E-state index in [2.05, 4.69) is 0 Å². The third-order valence-corrected chi connectivity index (χ3v) is 5.78. The molecule has 0 aromatic carbocycles. The quantitative estimate of drug-likeness (QED) is 0.356. The average Bonchev–Trinajstić information content (AvgIpc) is 2.65. The summed E-state index contributed by atoms with van der Waals surface area (Å²) in [6.07, 6.45) is -0.579. The lowest BCUT2D eigenvalue weighted by Gasteiger charge is -2.39. The molecule has 1 heterocycles. The zero-order chi connectivity index (χ0) is 21.8. The predicted octanol–water partition coefficient (Wildman–Crippen LogP) is 0.206. The first-order valence-corrected chi connectivity index (χ1v) is 10.1. The Hall–Kier alpha value is -1.13. The van der Waals surface area contributed by atoms with E-state index in [1.165, 1.54) is 0 Å². The number of allylic oxidation sites excluding steroid dienone is 3. The van der Waals surface area contributed by atoms with Gasteiger partial charge in [0.2, 0.25) is 0 Å². The van der Waals surface area contributed by atoms with Gasteiger partial charge < -0.3 is 35.0 Å². The summed E-state index contributed by atoms with van der Waals surface area (Å²) in [7, 11) is 0. The lowest BCUT2D eigenvalue weighted by molar-refractivity contribution is -0.299. The van der Waals surface area contributed by atoms with Gasteiger partial charge in [-0.05, 0) is 52.5 Å². The highest BCUT2D eigenvalue weighted by Crippen LogP contribution is 2.33. The molecule has 0 spiro atoms. The molecule has 2 aliphatic rings. The summed E-state index contributed by atoms with van der Waals surface area (Å²) in [5.41, 5.74) is 0.773. The largest absolute Gasteiger partial charge is 0.394 e. The zero-order valence-corrected chi connectivity index (χ0v) is 17.3. The fourth-order valence-electron chi connectivity index (χ4n) is 3.81. The first-order valence-electron chi connectivity index (χ1n) is 10.1. The summed E-state index contributed by atoms with van der Waals surface area (Å²) >= 11 is 0. The highest BCUT2D eigenvalue weighted by atomic mass is 16.7. The van der Waals surface area contributed by atoms with Gasteiger partial charge in [-0.15, -0.1) is 0 Å². The molecule has 0 bridgehead atoms. The molecular weight excluding hydrogens is 380 g/mol. The van der Waals surface area contributed by atoms with Crippen LogP contribution in [-0.4, -0.2) is 80.8 Å². The third-order valence-electron chi connectivity index (χ3n) is 5.78. The van der Waals surface area contributed by atoms with Gasteiger partial charge in [0, 0.05) is 0 Å². The topological polar surface area (TPSA) is 137 Å². The molecule has 0 radical (unpaired) electrons. The first-order chi connectivity index (χ1) is 13.6. The van der Waals surface area contributed by atoms with Gasteiger partial charge in [-0.3, -0.25) is 4.79 Å². The van der Waals surface area contributed by atoms with E-state index in [1.807, 2.05) is 19.9 Å². The van der Waals surface area contributed by atoms with Gasteiger partial charge >= 0.3 is 0 Å². The van der Waals surface area contributed by atoms with Gasteiger partial charge in [-0.1, -0.05) is 17.2 Å². The van der Waals surface area contributed by atoms with E-state index in [4.69, 9.17) is 9.47 Å². The summed E-state index contributed by atoms with van der Waals surface area (Å²) in [6, 6.07) is 0. The summed E-state index contributed by atoms with van der Waals surface area (Å²) in [4.78, 5) is 12.2. The van der Waals surface area contributed by atoms with E-state index in [9.17, 15) is 30.3 Å². The minimum atomic E-state index is -1.48. The maximum atomic E-state index is 12.2. The second-order valence-electron chi connectivity index (χ2n) is 8.44. The van der Waals surface area contributed by atoms with Crippen LogP contribution in [0.5, 0.6) is 0 Å². The monoisotopic (exact) mass is 414 g/mol. The van der Waals surface area contributed by atoms with Crippen molar-refractivity contribution in [3.8, 4) is 0 Å². The van der Waals surface area contributed by atoms with E-state index in [1.54, 1.807) is 13.0 Å². The van der Waals surface area contributed by atoms with Crippen molar-refractivity contribution in [2.45, 2.75) is 82.8 Å². The maximum Gasteiger partial charge on any atom is 0.187 e. The molecule has 166 valence electrons. The van der Waals surface area contributed by atoms with E-state index < -0.39 is 48.8 Å². The van der Waals surface area contributed by atoms with E-state index >= 15 is 0 Å². The van der Waals surface area contributed by atoms with Crippen LogP contribution in [0.1, 0.15) is 46.5 Å². The number of hydrogen-bond acceptors (Lipinski definition) is 8. The van der Waals surface area contributed by atoms with Gasteiger partial charge in [0.05, 0.1) is 24.7 Å². The fraction of sp³-hybridized carbons (Fsp3) is 0.762. The van der Waals surface area contributed by atoms with Crippen molar-refractivity contribution in [2.75, 3.05) is 13.2 Å². The molecule has 1 saturated heterocycles. The minimum absolute atomic E-state index is 0.0228. The molecular formula is C21H34O8. The molecule has 8 nitrogen and oxygen atoms in total. The number of ketones is 1.